The number of quaternary nitrogens is 1. The summed E-state index contributed by atoms with van der Waals surface area (Å²) in [6.07, 6.45) is 2.60. The van der Waals surface area contributed by atoms with Gasteiger partial charge in [0.25, 0.3) is 0 Å². The van der Waals surface area contributed by atoms with Gasteiger partial charge in [0.05, 0.1) is 18.6 Å². The Morgan fingerprint density at radius 3 is 2.26 bits per heavy atom. The Hall–Kier alpha value is 0.194. The van der Waals surface area contributed by atoms with Crippen LogP contribution in [0.15, 0.2) is 0 Å². The molecule has 8 heteroatoms. The topological polar surface area (TPSA) is 65.7 Å². The Kier molecular flexibility index (Phi) is 7.87. The van der Waals surface area contributed by atoms with Crippen molar-refractivity contribution >= 4 is 19.2 Å². The molecule has 3 atom stereocenters. The molecule has 1 fully saturated rings. The van der Waals surface area contributed by atoms with E-state index < -0.39 is 8.80 Å². The molecule has 6 nitrogen and oxygen atoms in total. The van der Waals surface area contributed by atoms with Crippen molar-refractivity contribution in [3.63, 3.8) is 0 Å². The van der Waals surface area contributed by atoms with Crippen LogP contribution in [0.5, 0.6) is 0 Å². The summed E-state index contributed by atoms with van der Waals surface area (Å²) < 4.78 is 17.6. The van der Waals surface area contributed by atoms with Gasteiger partial charge in [-0.25, -0.2) is 0 Å². The van der Waals surface area contributed by atoms with Crippen molar-refractivity contribution in [2.24, 2.45) is 11.7 Å². The van der Waals surface area contributed by atoms with Gasteiger partial charge in [-0.2, -0.15) is 0 Å². The molecule has 0 spiro atoms. The largest absolute Gasteiger partial charge is 0.500 e. The molecule has 0 bridgehead atoms. The highest BCUT2D eigenvalue weighted by Crippen LogP contribution is 2.40. The normalized spacial score (nSPS) is 29.1. The molecule has 1 rings (SSSR count). The van der Waals surface area contributed by atoms with Crippen molar-refractivity contribution in [1.29, 1.82) is 0 Å². The first kappa shape index (κ1) is 21.2. The third-order valence-corrected chi connectivity index (χ3v) is 11.5. The number of rotatable bonds is 10. The van der Waals surface area contributed by atoms with Gasteiger partial charge < -0.3 is 23.2 Å². The molecule has 1 heterocycles. The Labute approximate surface area is 146 Å². The molecule has 3 unspecified atom stereocenters. The zero-order valence-electron chi connectivity index (χ0n) is 16.1. The average Bonchev–Trinajstić information content (AvgIpc) is 2.75. The van der Waals surface area contributed by atoms with Gasteiger partial charge in [-0.15, -0.1) is 0 Å². The van der Waals surface area contributed by atoms with Crippen LogP contribution in [0.1, 0.15) is 33.6 Å². The molecule has 1 aliphatic heterocycles. The molecule has 3 N–H and O–H groups in total. The molecule has 1 saturated heterocycles. The summed E-state index contributed by atoms with van der Waals surface area (Å²) in [5.41, 5.74) is 6.43. The standard InChI is InChI=1S/C15H38N3O3Si2/c1-13-8-10-18(22,15(13,2)3)14(12-16)17-9-7-11-23(19-4,20-5)21-6/h13-14,17H,7-12,16H2,1-6,22H3/q+1. The van der Waals surface area contributed by atoms with Gasteiger partial charge in [0.1, 0.15) is 6.17 Å². The highest BCUT2D eigenvalue weighted by molar-refractivity contribution is 6.60. The van der Waals surface area contributed by atoms with Crippen molar-refractivity contribution in [1.82, 2.24) is 5.32 Å². The second-order valence-electron chi connectivity index (χ2n) is 7.44. The van der Waals surface area contributed by atoms with Crippen LogP contribution >= 0.6 is 0 Å². The molecule has 23 heavy (non-hydrogen) atoms. The lowest BCUT2D eigenvalue weighted by Gasteiger charge is -2.51. The molecule has 0 amide bonds. The van der Waals surface area contributed by atoms with E-state index >= 15 is 0 Å². The van der Waals surface area contributed by atoms with Gasteiger partial charge in [0.15, 0.2) is 0 Å². The molecular formula is C15H38N3O3Si2+. The predicted octanol–water partition coefficient (Wildman–Crippen LogP) is 0.0446. The third kappa shape index (κ3) is 4.24. The van der Waals surface area contributed by atoms with Gasteiger partial charge in [0, 0.05) is 46.3 Å². The van der Waals surface area contributed by atoms with Crippen LogP contribution in [0.3, 0.4) is 0 Å². The second kappa shape index (κ2) is 8.53. The molecule has 0 aliphatic carbocycles. The Morgan fingerprint density at radius 2 is 1.87 bits per heavy atom. The van der Waals surface area contributed by atoms with Gasteiger partial charge in [-0.1, -0.05) is 6.92 Å². The summed E-state index contributed by atoms with van der Waals surface area (Å²) in [4.78, 5) is 0. The molecule has 1 aliphatic rings. The van der Waals surface area contributed by atoms with E-state index in [0.717, 1.165) is 39.5 Å². The monoisotopic (exact) mass is 364 g/mol. The Balaban J connectivity index is 2.58. The molecule has 0 aromatic heterocycles. The minimum atomic E-state index is -2.46. The van der Waals surface area contributed by atoms with Gasteiger partial charge in [0.2, 0.25) is 10.4 Å². The second-order valence-corrected chi connectivity index (χ2v) is 12.1. The summed E-state index contributed by atoms with van der Waals surface area (Å²) in [5, 5.41) is 3.71. The summed E-state index contributed by atoms with van der Waals surface area (Å²) in [6.45, 7) is 10.0. The minimum absolute atomic E-state index is 0.299. The Bertz CT molecular complexity index is 362. The maximum absolute atomic E-state index is 6.13. The zero-order chi connectivity index (χ0) is 17.7. The maximum atomic E-state index is 6.13. The van der Waals surface area contributed by atoms with Gasteiger partial charge in [-0.3, -0.25) is 5.32 Å². The van der Waals surface area contributed by atoms with Gasteiger partial charge >= 0.3 is 8.80 Å². The molecular weight excluding hydrogens is 326 g/mol. The fourth-order valence-corrected chi connectivity index (χ4v) is 6.63. The maximum Gasteiger partial charge on any atom is 0.500 e. The number of hydrogen-bond donors (Lipinski definition) is 2. The smallest absolute Gasteiger partial charge is 0.377 e. The van der Waals surface area contributed by atoms with E-state index in [-0.39, 0.29) is 0 Å². The average molecular weight is 365 g/mol. The molecule has 0 aromatic rings. The van der Waals surface area contributed by atoms with E-state index in [1.54, 1.807) is 21.3 Å². The highest BCUT2D eigenvalue weighted by Gasteiger charge is 2.52. The van der Waals surface area contributed by atoms with Crippen LogP contribution in [-0.2, 0) is 13.3 Å². The van der Waals surface area contributed by atoms with E-state index in [4.69, 9.17) is 19.0 Å². The van der Waals surface area contributed by atoms with Crippen LogP contribution in [0.4, 0.5) is 0 Å². The SMILES string of the molecule is CO[Si](CCCNC(CN)[N+]1([SiH3])CCC(C)C1(C)C)(OC)OC. The number of nitrogens with zero attached hydrogens (tertiary/aromatic N) is 1. The van der Waals surface area contributed by atoms with Crippen molar-refractivity contribution < 1.29 is 17.4 Å². The van der Waals surface area contributed by atoms with Crippen LogP contribution in [0.25, 0.3) is 0 Å². The van der Waals surface area contributed by atoms with Crippen LogP contribution in [0.2, 0.25) is 6.04 Å². The number of nitrogens with one attached hydrogen (secondary N) is 1. The predicted molar refractivity (Wildman–Crippen MR) is 100.0 cm³/mol. The summed E-state index contributed by atoms with van der Waals surface area (Å²) >= 11 is 0. The third-order valence-electron chi connectivity index (χ3n) is 6.43. The molecule has 0 aromatic carbocycles. The van der Waals surface area contributed by atoms with E-state index in [1.807, 2.05) is 0 Å². The number of nitrogens with two attached hydrogens (primary N) is 1. The van der Waals surface area contributed by atoms with Crippen LogP contribution in [0, 0.1) is 5.92 Å². The summed E-state index contributed by atoms with van der Waals surface area (Å²) in [6, 6.07) is 0.821. The van der Waals surface area contributed by atoms with E-state index in [0.29, 0.717) is 18.2 Å². The van der Waals surface area contributed by atoms with Crippen LogP contribution < -0.4 is 11.1 Å². The lowest BCUT2D eigenvalue weighted by molar-refractivity contribution is -0.883. The fraction of sp³-hybridized carbons (Fsp3) is 1.00. The van der Waals surface area contributed by atoms with Crippen molar-refractivity contribution in [3.8, 4) is 0 Å². The lowest BCUT2D eigenvalue weighted by atomic mass is 9.90. The fourth-order valence-electron chi connectivity index (χ4n) is 3.81. The number of likely N-dealkylation sites (tertiary alicyclic amines) is 1. The first-order valence-corrected chi connectivity index (χ1v) is 11.5. The lowest BCUT2D eigenvalue weighted by Crippen LogP contribution is -2.69. The number of hydrogen-bond acceptors (Lipinski definition) is 5. The van der Waals surface area contributed by atoms with E-state index in [2.05, 4.69) is 26.1 Å². The van der Waals surface area contributed by atoms with Crippen LogP contribution in [-0.4, -0.2) is 76.0 Å². The summed E-state index contributed by atoms with van der Waals surface area (Å²) in [5.74, 6) is 0.742. The van der Waals surface area contributed by atoms with Gasteiger partial charge in [-0.05, 0) is 20.3 Å². The molecule has 0 saturated carbocycles. The van der Waals surface area contributed by atoms with Crippen molar-refractivity contribution in [2.75, 3.05) is 41.0 Å². The Morgan fingerprint density at radius 1 is 1.30 bits per heavy atom. The van der Waals surface area contributed by atoms with E-state index in [1.165, 1.54) is 13.0 Å². The van der Waals surface area contributed by atoms with Crippen molar-refractivity contribution in [3.05, 3.63) is 0 Å². The van der Waals surface area contributed by atoms with Crippen molar-refractivity contribution in [2.45, 2.75) is 51.4 Å². The molecule has 0 radical (unpaired) electrons. The van der Waals surface area contributed by atoms with E-state index in [9.17, 15) is 0 Å². The molecule has 138 valence electrons. The zero-order valence-corrected chi connectivity index (χ0v) is 19.1. The minimum Gasteiger partial charge on any atom is -0.377 e. The highest BCUT2D eigenvalue weighted by atomic mass is 28.4. The quantitative estimate of drug-likeness (QED) is 0.423. The first-order chi connectivity index (χ1) is 10.7. The first-order valence-electron chi connectivity index (χ1n) is 8.67. The summed E-state index contributed by atoms with van der Waals surface area (Å²) in [7, 11) is 3.66.